The second-order valence-electron chi connectivity index (χ2n) is 3.33. The van der Waals surface area contributed by atoms with Gasteiger partial charge in [0.05, 0.1) is 5.52 Å². The minimum absolute atomic E-state index is 0.165. The molecule has 0 radical (unpaired) electrons. The summed E-state index contributed by atoms with van der Waals surface area (Å²) < 4.78 is 14.7. The highest BCUT2D eigenvalue weighted by Gasteiger charge is 2.13. The number of hydrogen-bond donors (Lipinski definition) is 1. The molecule has 1 unspecified atom stereocenters. The van der Waals surface area contributed by atoms with Crippen LogP contribution in [0, 0.1) is 0 Å². The molecule has 1 atom stereocenters. The number of phenols is 1. The lowest BCUT2D eigenvalue weighted by Gasteiger charge is -1.96. The number of benzene rings is 1. The van der Waals surface area contributed by atoms with Crippen molar-refractivity contribution in [2.24, 2.45) is 7.05 Å². The normalized spacial score (nSPS) is 13.4. The first kappa shape index (κ1) is 8.99. The molecule has 0 saturated carbocycles. The van der Waals surface area contributed by atoms with Crippen molar-refractivity contribution in [2.75, 3.05) is 0 Å². The van der Waals surface area contributed by atoms with E-state index in [4.69, 9.17) is 0 Å². The largest absolute Gasteiger partial charge is 0.508 e. The molecule has 14 heavy (non-hydrogen) atoms. The summed E-state index contributed by atoms with van der Waals surface area (Å²) in [4.78, 5) is 0. The van der Waals surface area contributed by atoms with Crippen molar-refractivity contribution in [1.82, 2.24) is 9.78 Å². The summed E-state index contributed by atoms with van der Waals surface area (Å²) in [5.74, 6) is 0.165. The molecule has 0 aliphatic heterocycles. The fourth-order valence-corrected chi connectivity index (χ4v) is 1.57. The Morgan fingerprint density at radius 1 is 1.50 bits per heavy atom. The number of nitrogens with zero attached hydrogens (tertiary/aromatic N) is 2. The molecule has 0 saturated heterocycles. The van der Waals surface area contributed by atoms with E-state index >= 15 is 0 Å². The van der Waals surface area contributed by atoms with Crippen LogP contribution < -0.4 is 0 Å². The predicted octanol–water partition coefficient (Wildman–Crippen LogP) is 2.31. The lowest BCUT2D eigenvalue weighted by atomic mass is 10.1. The van der Waals surface area contributed by atoms with Crippen molar-refractivity contribution >= 4 is 10.9 Å². The molecule has 2 aromatic rings. The lowest BCUT2D eigenvalue weighted by Crippen LogP contribution is -1.92. The van der Waals surface area contributed by atoms with Crippen LogP contribution in [0.15, 0.2) is 18.2 Å². The maximum absolute atomic E-state index is 13.1. The highest BCUT2D eigenvalue weighted by Crippen LogP contribution is 2.27. The zero-order valence-electron chi connectivity index (χ0n) is 8.03. The number of rotatable bonds is 1. The Morgan fingerprint density at radius 3 is 2.86 bits per heavy atom. The van der Waals surface area contributed by atoms with Crippen molar-refractivity contribution in [3.8, 4) is 5.75 Å². The summed E-state index contributed by atoms with van der Waals surface area (Å²) in [5.41, 5.74) is 1.16. The smallest absolute Gasteiger partial charge is 0.142 e. The third kappa shape index (κ3) is 1.23. The molecule has 0 bridgehead atoms. The average Bonchev–Trinajstić information content (AvgIpc) is 2.44. The third-order valence-corrected chi connectivity index (χ3v) is 2.24. The van der Waals surface area contributed by atoms with Gasteiger partial charge in [0, 0.05) is 18.5 Å². The van der Waals surface area contributed by atoms with Gasteiger partial charge in [-0.05, 0) is 19.1 Å². The number of halogens is 1. The van der Waals surface area contributed by atoms with Gasteiger partial charge in [0.2, 0.25) is 0 Å². The van der Waals surface area contributed by atoms with Crippen molar-refractivity contribution in [1.29, 1.82) is 0 Å². The maximum Gasteiger partial charge on any atom is 0.142 e. The topological polar surface area (TPSA) is 38.0 Å². The fourth-order valence-electron chi connectivity index (χ4n) is 1.57. The van der Waals surface area contributed by atoms with E-state index in [1.807, 2.05) is 0 Å². The zero-order chi connectivity index (χ0) is 10.3. The van der Waals surface area contributed by atoms with Crippen LogP contribution in [-0.4, -0.2) is 14.9 Å². The van der Waals surface area contributed by atoms with Crippen LogP contribution in [0.1, 0.15) is 18.8 Å². The first-order chi connectivity index (χ1) is 6.59. The number of phenolic OH excluding ortho intramolecular Hbond substituents is 1. The summed E-state index contributed by atoms with van der Waals surface area (Å²) in [7, 11) is 1.73. The zero-order valence-corrected chi connectivity index (χ0v) is 8.03. The molecule has 0 fully saturated rings. The number of aryl methyl sites for hydroxylation is 1. The molecule has 74 valence electrons. The molecule has 0 spiro atoms. The molecule has 1 N–H and O–H groups in total. The molecular formula is C10H11FN2O. The molecular weight excluding hydrogens is 183 g/mol. The predicted molar refractivity (Wildman–Crippen MR) is 51.9 cm³/mol. The van der Waals surface area contributed by atoms with Crippen molar-refractivity contribution in [3.05, 3.63) is 23.9 Å². The van der Waals surface area contributed by atoms with Crippen molar-refractivity contribution in [3.63, 3.8) is 0 Å². The lowest BCUT2D eigenvalue weighted by molar-refractivity contribution is 0.365. The van der Waals surface area contributed by atoms with Crippen molar-refractivity contribution < 1.29 is 9.50 Å². The summed E-state index contributed by atoms with van der Waals surface area (Å²) in [6.07, 6.45) is -1.09. The van der Waals surface area contributed by atoms with Gasteiger partial charge in [0.15, 0.2) is 0 Å². The average molecular weight is 194 g/mol. The van der Waals surface area contributed by atoms with E-state index in [-0.39, 0.29) is 5.75 Å². The van der Waals surface area contributed by atoms with Gasteiger partial charge < -0.3 is 5.11 Å². The Kier molecular flexibility index (Phi) is 1.91. The molecule has 1 aromatic heterocycles. The first-order valence-corrected chi connectivity index (χ1v) is 4.39. The molecule has 3 nitrogen and oxygen atoms in total. The summed E-state index contributed by atoms with van der Waals surface area (Å²) in [5, 5.41) is 14.1. The number of fused-ring (bicyclic) bond motifs is 1. The van der Waals surface area contributed by atoms with Gasteiger partial charge in [-0.1, -0.05) is 0 Å². The second-order valence-corrected chi connectivity index (χ2v) is 3.33. The number of alkyl halides is 1. The van der Waals surface area contributed by atoms with Gasteiger partial charge in [-0.2, -0.15) is 5.10 Å². The Morgan fingerprint density at radius 2 is 2.21 bits per heavy atom. The Balaban J connectivity index is 2.77. The summed E-state index contributed by atoms with van der Waals surface area (Å²) >= 11 is 0. The number of hydrogen-bond acceptors (Lipinski definition) is 2. The second kappa shape index (κ2) is 2.97. The minimum Gasteiger partial charge on any atom is -0.508 e. The summed E-state index contributed by atoms with van der Waals surface area (Å²) in [6.45, 7) is 1.45. The highest BCUT2D eigenvalue weighted by molar-refractivity contribution is 5.83. The van der Waals surface area contributed by atoms with E-state index in [1.54, 1.807) is 23.9 Å². The van der Waals surface area contributed by atoms with Crippen LogP contribution in [0.25, 0.3) is 10.9 Å². The van der Waals surface area contributed by atoms with Crippen LogP contribution in [0.2, 0.25) is 0 Å². The van der Waals surface area contributed by atoms with Crippen LogP contribution in [-0.2, 0) is 7.05 Å². The molecule has 1 aromatic carbocycles. The SMILES string of the molecule is CC(F)c1nn(C)c2cc(O)ccc12. The van der Waals surface area contributed by atoms with Gasteiger partial charge in [0.1, 0.15) is 17.6 Å². The van der Waals surface area contributed by atoms with Gasteiger partial charge in [-0.3, -0.25) is 4.68 Å². The maximum atomic E-state index is 13.1. The van der Waals surface area contributed by atoms with E-state index in [0.717, 1.165) is 10.9 Å². The monoisotopic (exact) mass is 194 g/mol. The molecule has 1 heterocycles. The van der Waals surface area contributed by atoms with Crippen LogP contribution in [0.4, 0.5) is 4.39 Å². The Labute approximate surface area is 80.8 Å². The van der Waals surface area contributed by atoms with E-state index in [9.17, 15) is 9.50 Å². The Bertz CT molecular complexity index is 476. The highest BCUT2D eigenvalue weighted by atomic mass is 19.1. The van der Waals surface area contributed by atoms with E-state index < -0.39 is 6.17 Å². The van der Waals surface area contributed by atoms with Crippen LogP contribution in [0.3, 0.4) is 0 Å². The van der Waals surface area contributed by atoms with Crippen molar-refractivity contribution in [2.45, 2.75) is 13.1 Å². The molecule has 0 aliphatic rings. The number of aromatic nitrogens is 2. The van der Waals surface area contributed by atoms with Crippen LogP contribution >= 0.6 is 0 Å². The molecule has 0 aliphatic carbocycles. The standard InChI is InChI=1S/C10H11FN2O/c1-6(11)10-8-4-3-7(14)5-9(8)13(2)12-10/h3-6,14H,1-2H3. The van der Waals surface area contributed by atoms with Gasteiger partial charge in [-0.25, -0.2) is 4.39 Å². The first-order valence-electron chi connectivity index (χ1n) is 4.39. The van der Waals surface area contributed by atoms with Gasteiger partial charge >= 0.3 is 0 Å². The quantitative estimate of drug-likeness (QED) is 0.756. The fraction of sp³-hybridized carbons (Fsp3) is 0.300. The third-order valence-electron chi connectivity index (χ3n) is 2.24. The van der Waals surface area contributed by atoms with E-state index in [2.05, 4.69) is 5.10 Å². The minimum atomic E-state index is -1.09. The van der Waals surface area contributed by atoms with Gasteiger partial charge in [-0.15, -0.1) is 0 Å². The van der Waals surface area contributed by atoms with Crippen LogP contribution in [0.5, 0.6) is 5.75 Å². The van der Waals surface area contributed by atoms with E-state index in [1.165, 1.54) is 13.0 Å². The molecule has 0 amide bonds. The molecule has 4 heteroatoms. The molecule has 2 rings (SSSR count). The van der Waals surface area contributed by atoms with Gasteiger partial charge in [0.25, 0.3) is 0 Å². The summed E-state index contributed by atoms with van der Waals surface area (Å²) in [6, 6.07) is 4.80. The number of aromatic hydroxyl groups is 1. The van der Waals surface area contributed by atoms with E-state index in [0.29, 0.717) is 5.69 Å². The Hall–Kier alpha value is -1.58.